The van der Waals surface area contributed by atoms with Gasteiger partial charge >= 0.3 is 0 Å². The summed E-state index contributed by atoms with van der Waals surface area (Å²) in [7, 11) is 1.66. The van der Waals surface area contributed by atoms with E-state index in [0.717, 1.165) is 36.1 Å². The van der Waals surface area contributed by atoms with Crippen LogP contribution in [0.4, 0.5) is 0 Å². The van der Waals surface area contributed by atoms with E-state index in [0.29, 0.717) is 19.7 Å². The fourth-order valence-electron chi connectivity index (χ4n) is 2.36. The summed E-state index contributed by atoms with van der Waals surface area (Å²) in [5.41, 5.74) is 1.97. The number of methoxy groups -OCH3 is 1. The number of nitrogens with zero attached hydrogens (tertiary/aromatic N) is 2. The molecule has 2 rings (SSSR count). The third kappa shape index (κ3) is 4.04. The highest BCUT2D eigenvalue weighted by Gasteiger charge is 2.12. The number of aryl methyl sites for hydroxylation is 1. The van der Waals surface area contributed by atoms with Crippen molar-refractivity contribution in [1.82, 2.24) is 14.9 Å². The predicted molar refractivity (Wildman–Crippen MR) is 83.2 cm³/mol. The monoisotopic (exact) mass is 289 g/mol. The minimum Gasteiger partial charge on any atom is -0.385 e. The van der Waals surface area contributed by atoms with Crippen LogP contribution in [0.25, 0.3) is 11.0 Å². The van der Waals surface area contributed by atoms with Gasteiger partial charge in [0.1, 0.15) is 12.4 Å². The number of hydrogen-bond acceptors (Lipinski definition) is 3. The van der Waals surface area contributed by atoms with Gasteiger partial charge in [0.2, 0.25) is 5.91 Å². The van der Waals surface area contributed by atoms with Gasteiger partial charge in [-0.2, -0.15) is 0 Å². The molecule has 0 saturated heterocycles. The number of carbonyl (C=O) groups is 1. The number of benzene rings is 1. The summed E-state index contributed by atoms with van der Waals surface area (Å²) in [5.74, 6) is 0.998. The van der Waals surface area contributed by atoms with Gasteiger partial charge in [-0.15, -0.1) is 0 Å². The van der Waals surface area contributed by atoms with Gasteiger partial charge in [0.15, 0.2) is 0 Å². The maximum atomic E-state index is 12.1. The molecule has 5 nitrogen and oxygen atoms in total. The lowest BCUT2D eigenvalue weighted by atomic mass is 10.3. The second-order valence-electron chi connectivity index (χ2n) is 5.05. The summed E-state index contributed by atoms with van der Waals surface area (Å²) >= 11 is 0. The summed E-state index contributed by atoms with van der Waals surface area (Å²) in [6.07, 6.45) is 2.72. The summed E-state index contributed by atoms with van der Waals surface area (Å²) in [5, 5.41) is 2.92. The zero-order valence-electron chi connectivity index (χ0n) is 12.8. The first kappa shape index (κ1) is 15.5. The van der Waals surface area contributed by atoms with E-state index in [-0.39, 0.29) is 5.91 Å². The fraction of sp³-hybridized carbons (Fsp3) is 0.500. The number of ether oxygens (including phenoxy) is 1. The number of para-hydroxylation sites is 2. The molecule has 1 N–H and O–H groups in total. The number of carbonyl (C=O) groups excluding carboxylic acids is 1. The highest BCUT2D eigenvalue weighted by atomic mass is 16.5. The van der Waals surface area contributed by atoms with Crippen LogP contribution in [0.15, 0.2) is 24.3 Å². The van der Waals surface area contributed by atoms with Crippen LogP contribution in [-0.4, -0.2) is 35.7 Å². The zero-order chi connectivity index (χ0) is 15.1. The number of imidazole rings is 1. The summed E-state index contributed by atoms with van der Waals surface area (Å²) in [6.45, 7) is 3.75. The lowest BCUT2D eigenvalue weighted by Gasteiger charge is -2.09. The lowest BCUT2D eigenvalue weighted by molar-refractivity contribution is -0.121. The van der Waals surface area contributed by atoms with Crippen molar-refractivity contribution in [2.75, 3.05) is 20.3 Å². The van der Waals surface area contributed by atoms with E-state index in [1.165, 1.54) is 0 Å². The molecule has 114 valence electrons. The van der Waals surface area contributed by atoms with E-state index in [1.807, 2.05) is 28.8 Å². The quantitative estimate of drug-likeness (QED) is 0.758. The number of rotatable bonds is 8. The van der Waals surface area contributed by atoms with E-state index in [4.69, 9.17) is 4.74 Å². The maximum absolute atomic E-state index is 12.1. The molecule has 0 unspecified atom stereocenters. The van der Waals surface area contributed by atoms with Crippen molar-refractivity contribution in [1.29, 1.82) is 0 Å². The Morgan fingerprint density at radius 1 is 1.38 bits per heavy atom. The van der Waals surface area contributed by atoms with Gasteiger partial charge in [-0.05, 0) is 25.0 Å². The molecule has 0 fully saturated rings. The van der Waals surface area contributed by atoms with Crippen LogP contribution >= 0.6 is 0 Å². The Morgan fingerprint density at radius 2 is 2.19 bits per heavy atom. The van der Waals surface area contributed by atoms with E-state index in [1.54, 1.807) is 7.11 Å². The number of aromatic nitrogens is 2. The van der Waals surface area contributed by atoms with Crippen LogP contribution in [-0.2, 0) is 22.5 Å². The third-order valence-electron chi connectivity index (χ3n) is 3.36. The van der Waals surface area contributed by atoms with Gasteiger partial charge in [-0.3, -0.25) is 4.79 Å². The molecular weight excluding hydrogens is 266 g/mol. The van der Waals surface area contributed by atoms with Crippen LogP contribution in [0.1, 0.15) is 25.6 Å². The Balaban J connectivity index is 2.08. The van der Waals surface area contributed by atoms with E-state index >= 15 is 0 Å². The molecule has 1 amide bonds. The zero-order valence-corrected chi connectivity index (χ0v) is 12.8. The van der Waals surface area contributed by atoms with Gasteiger partial charge < -0.3 is 14.6 Å². The molecule has 2 aromatic rings. The van der Waals surface area contributed by atoms with Crippen molar-refractivity contribution >= 4 is 16.9 Å². The first-order valence-electron chi connectivity index (χ1n) is 7.46. The van der Waals surface area contributed by atoms with Crippen molar-refractivity contribution in [3.05, 3.63) is 30.1 Å². The Kier molecular flexibility index (Phi) is 5.75. The summed E-state index contributed by atoms with van der Waals surface area (Å²) < 4.78 is 6.99. The molecule has 5 heteroatoms. The summed E-state index contributed by atoms with van der Waals surface area (Å²) in [4.78, 5) is 16.7. The van der Waals surface area contributed by atoms with E-state index in [9.17, 15) is 4.79 Å². The number of amides is 1. The summed E-state index contributed by atoms with van der Waals surface area (Å²) in [6, 6.07) is 7.95. The first-order valence-corrected chi connectivity index (χ1v) is 7.46. The smallest absolute Gasteiger partial charge is 0.240 e. The first-order chi connectivity index (χ1) is 10.3. The van der Waals surface area contributed by atoms with Crippen LogP contribution in [0, 0.1) is 0 Å². The van der Waals surface area contributed by atoms with Gasteiger partial charge in [-0.1, -0.05) is 19.1 Å². The molecule has 0 aliphatic heterocycles. The fourth-order valence-corrected chi connectivity index (χ4v) is 2.36. The molecule has 0 spiro atoms. The van der Waals surface area contributed by atoms with Gasteiger partial charge in [0, 0.05) is 26.7 Å². The van der Waals surface area contributed by atoms with Crippen LogP contribution < -0.4 is 5.32 Å². The Bertz CT molecular complexity index is 592. The Morgan fingerprint density at radius 3 is 2.95 bits per heavy atom. The molecule has 0 radical (unpaired) electrons. The van der Waals surface area contributed by atoms with E-state index < -0.39 is 0 Å². The molecule has 1 aromatic heterocycles. The third-order valence-corrected chi connectivity index (χ3v) is 3.36. The average molecular weight is 289 g/mol. The number of hydrogen-bond donors (Lipinski definition) is 1. The van der Waals surface area contributed by atoms with Crippen LogP contribution in [0.3, 0.4) is 0 Å². The maximum Gasteiger partial charge on any atom is 0.240 e. The molecule has 0 atom stereocenters. The molecule has 0 aliphatic carbocycles. The minimum absolute atomic E-state index is 0.0200. The molecular formula is C16H23N3O2. The van der Waals surface area contributed by atoms with Crippen LogP contribution in [0.2, 0.25) is 0 Å². The second-order valence-corrected chi connectivity index (χ2v) is 5.05. The number of fused-ring (bicyclic) bond motifs is 1. The van der Waals surface area contributed by atoms with Crippen molar-refractivity contribution in [3.8, 4) is 0 Å². The second kappa shape index (κ2) is 7.78. The molecule has 0 aliphatic rings. The molecule has 0 bridgehead atoms. The molecule has 21 heavy (non-hydrogen) atoms. The van der Waals surface area contributed by atoms with Gasteiger partial charge in [0.05, 0.1) is 11.0 Å². The van der Waals surface area contributed by atoms with Gasteiger partial charge in [-0.25, -0.2) is 4.98 Å². The van der Waals surface area contributed by atoms with Crippen molar-refractivity contribution in [2.45, 2.75) is 32.7 Å². The standard InChI is InChI=1S/C16H23N3O2/c1-3-7-15-18-13-8-4-5-9-14(13)19(15)12-16(20)17-10-6-11-21-2/h4-5,8-9H,3,6-7,10-12H2,1-2H3,(H,17,20). The highest BCUT2D eigenvalue weighted by Crippen LogP contribution is 2.16. The van der Waals surface area contributed by atoms with Crippen molar-refractivity contribution in [3.63, 3.8) is 0 Å². The topological polar surface area (TPSA) is 56.2 Å². The van der Waals surface area contributed by atoms with E-state index in [2.05, 4.69) is 17.2 Å². The SMILES string of the molecule is CCCc1nc2ccccc2n1CC(=O)NCCCOC. The lowest BCUT2D eigenvalue weighted by Crippen LogP contribution is -2.29. The van der Waals surface area contributed by atoms with Crippen LogP contribution in [0.5, 0.6) is 0 Å². The van der Waals surface area contributed by atoms with Crippen molar-refractivity contribution in [2.24, 2.45) is 0 Å². The normalized spacial score (nSPS) is 11.0. The van der Waals surface area contributed by atoms with Crippen molar-refractivity contribution < 1.29 is 9.53 Å². The molecule has 0 saturated carbocycles. The Labute approximate surface area is 125 Å². The Hall–Kier alpha value is -1.88. The largest absolute Gasteiger partial charge is 0.385 e. The number of nitrogens with one attached hydrogen (secondary N) is 1. The molecule has 1 aromatic carbocycles. The predicted octanol–water partition coefficient (Wildman–Crippen LogP) is 2.14. The van der Waals surface area contributed by atoms with Gasteiger partial charge in [0.25, 0.3) is 0 Å². The molecule has 1 heterocycles. The minimum atomic E-state index is 0.0200. The highest BCUT2D eigenvalue weighted by molar-refractivity contribution is 5.81. The average Bonchev–Trinajstić information content (AvgIpc) is 2.82.